The first-order chi connectivity index (χ1) is 18.5. The molecule has 3 rings (SSSR count). The van der Waals surface area contributed by atoms with Crippen molar-refractivity contribution in [3.8, 4) is 11.5 Å². The van der Waals surface area contributed by atoms with Gasteiger partial charge in [-0.05, 0) is 56.6 Å². The molecule has 0 unspecified atom stereocenters. The van der Waals surface area contributed by atoms with Crippen molar-refractivity contribution in [3.63, 3.8) is 0 Å². The van der Waals surface area contributed by atoms with Crippen molar-refractivity contribution in [2.24, 2.45) is 10.8 Å². The number of halogens is 3. The first-order valence-electron chi connectivity index (χ1n) is 11.6. The molecule has 0 saturated heterocycles. The number of aryl methyl sites for hydroxylation is 1. The number of carbonyl (C=O) groups is 1. The highest BCUT2D eigenvalue weighted by Crippen LogP contribution is 2.38. The molecule has 0 aliphatic heterocycles. The SMILES string of the molecule is C=N/C(=C\N(N)c1cc(C(=O)Nc2cc(C(F)(F)F)cc(CNC)c2OC)ccc1C)c1cncc(OC)c1. The molecule has 0 fully saturated rings. The van der Waals surface area contributed by atoms with Gasteiger partial charge in [-0.25, -0.2) is 5.84 Å². The smallest absolute Gasteiger partial charge is 0.416 e. The number of aromatic nitrogens is 1. The third-order valence-corrected chi connectivity index (χ3v) is 5.74. The number of nitrogens with two attached hydrogens (primary N) is 1. The van der Waals surface area contributed by atoms with Gasteiger partial charge >= 0.3 is 6.18 Å². The zero-order valence-electron chi connectivity index (χ0n) is 21.9. The molecule has 0 aliphatic rings. The van der Waals surface area contributed by atoms with Gasteiger partial charge in [0.15, 0.2) is 0 Å². The van der Waals surface area contributed by atoms with Crippen LogP contribution in [-0.2, 0) is 12.7 Å². The third kappa shape index (κ3) is 6.92. The summed E-state index contributed by atoms with van der Waals surface area (Å²) in [5, 5.41) is 6.62. The molecule has 0 atom stereocenters. The van der Waals surface area contributed by atoms with Crippen molar-refractivity contribution >= 4 is 29.7 Å². The second kappa shape index (κ2) is 12.4. The highest BCUT2D eigenvalue weighted by atomic mass is 19.4. The number of methoxy groups -OCH3 is 2. The number of aliphatic imine (C=N–C) groups is 1. The molecule has 1 amide bonds. The molecule has 2 aromatic carbocycles. The Balaban J connectivity index is 1.97. The standard InChI is InChI=1S/C27H29F3N6O3/c1-16-6-7-17(10-24(16)36(31)15-23(33-3)18-9-21(38-4)14-34-13-18)26(37)35-22-11-20(27(28,29)30)8-19(12-32-2)25(22)39-5/h6-11,13-15,32H,3,12,31H2,1-2,4-5H3,(H,35,37)/b23-15-. The molecule has 0 saturated carbocycles. The van der Waals surface area contributed by atoms with Crippen molar-refractivity contribution in [1.29, 1.82) is 0 Å². The summed E-state index contributed by atoms with van der Waals surface area (Å²) in [6, 6.07) is 8.26. The molecule has 0 bridgehead atoms. The van der Waals surface area contributed by atoms with E-state index in [1.165, 1.54) is 37.7 Å². The number of anilines is 2. The van der Waals surface area contributed by atoms with Crippen molar-refractivity contribution in [2.45, 2.75) is 19.6 Å². The lowest BCUT2D eigenvalue weighted by Gasteiger charge is -2.20. The maximum Gasteiger partial charge on any atom is 0.416 e. The van der Waals surface area contributed by atoms with Gasteiger partial charge in [0.05, 0.1) is 43.1 Å². The van der Waals surface area contributed by atoms with E-state index in [1.54, 1.807) is 38.4 Å². The van der Waals surface area contributed by atoms with Crippen LogP contribution in [0.25, 0.3) is 5.70 Å². The van der Waals surface area contributed by atoms with Crippen LogP contribution in [0.15, 0.2) is 60.0 Å². The van der Waals surface area contributed by atoms with Crippen LogP contribution in [-0.4, -0.2) is 38.9 Å². The van der Waals surface area contributed by atoms with E-state index >= 15 is 0 Å². The molecule has 0 spiro atoms. The number of hydrazine groups is 1. The Bertz CT molecular complexity index is 1390. The van der Waals surface area contributed by atoms with Crippen molar-refractivity contribution in [2.75, 3.05) is 31.6 Å². The molecule has 0 aliphatic carbocycles. The third-order valence-electron chi connectivity index (χ3n) is 5.74. The van der Waals surface area contributed by atoms with Crippen molar-refractivity contribution in [1.82, 2.24) is 10.3 Å². The van der Waals surface area contributed by atoms with Crippen molar-refractivity contribution in [3.05, 3.63) is 82.8 Å². The van der Waals surface area contributed by atoms with E-state index < -0.39 is 17.6 Å². The van der Waals surface area contributed by atoms with Crippen LogP contribution < -0.4 is 31.0 Å². The summed E-state index contributed by atoms with van der Waals surface area (Å²) in [4.78, 5) is 21.3. The Kier molecular flexibility index (Phi) is 9.28. The summed E-state index contributed by atoms with van der Waals surface area (Å²) < 4.78 is 51.2. The van der Waals surface area contributed by atoms with Crippen LogP contribution >= 0.6 is 0 Å². The van der Waals surface area contributed by atoms with E-state index in [0.717, 1.165) is 17.7 Å². The fraction of sp³-hybridized carbons (Fsp3) is 0.222. The van der Waals surface area contributed by atoms with Crippen LogP contribution in [0.4, 0.5) is 24.5 Å². The predicted molar refractivity (Wildman–Crippen MR) is 145 cm³/mol. The molecule has 4 N–H and O–H groups in total. The van der Waals surface area contributed by atoms with E-state index in [2.05, 4.69) is 27.3 Å². The number of alkyl halides is 3. The molecule has 1 heterocycles. The molecular formula is C27H29F3N6O3. The number of carbonyl (C=O) groups excluding carboxylic acids is 1. The summed E-state index contributed by atoms with van der Waals surface area (Å²) in [5.74, 6) is 6.29. The minimum absolute atomic E-state index is 0.0988. The van der Waals surface area contributed by atoms with Gasteiger partial charge in [-0.2, -0.15) is 13.2 Å². The zero-order valence-corrected chi connectivity index (χ0v) is 21.9. The average molecular weight is 543 g/mol. The Hall–Kier alpha value is -4.42. The molecule has 12 heteroatoms. The van der Waals surface area contributed by atoms with E-state index in [1.807, 2.05) is 0 Å². The minimum atomic E-state index is -4.62. The second-order valence-corrected chi connectivity index (χ2v) is 8.39. The lowest BCUT2D eigenvalue weighted by atomic mass is 10.1. The van der Waals surface area contributed by atoms with E-state index in [9.17, 15) is 18.0 Å². The Labute approximate surface area is 224 Å². The normalized spacial score (nSPS) is 11.6. The maximum atomic E-state index is 13.5. The number of nitrogens with zero attached hydrogens (tertiary/aromatic N) is 3. The van der Waals surface area contributed by atoms with Gasteiger partial charge in [-0.15, -0.1) is 0 Å². The highest BCUT2D eigenvalue weighted by molar-refractivity contribution is 6.06. The average Bonchev–Trinajstić information content (AvgIpc) is 2.91. The molecule has 1 aromatic heterocycles. The van der Waals surface area contributed by atoms with Gasteiger partial charge in [0.2, 0.25) is 0 Å². The zero-order chi connectivity index (χ0) is 28.7. The van der Waals surface area contributed by atoms with Gasteiger partial charge in [-0.1, -0.05) is 6.07 Å². The molecule has 0 radical (unpaired) electrons. The Morgan fingerprint density at radius 1 is 1.15 bits per heavy atom. The second-order valence-electron chi connectivity index (χ2n) is 8.39. The lowest BCUT2D eigenvalue weighted by Crippen LogP contribution is -2.26. The summed E-state index contributed by atoms with van der Waals surface area (Å²) in [6.07, 6.45) is -0.00366. The molecule has 3 aromatic rings. The van der Waals surface area contributed by atoms with Gasteiger partial charge in [0.25, 0.3) is 5.91 Å². The highest BCUT2D eigenvalue weighted by Gasteiger charge is 2.33. The van der Waals surface area contributed by atoms with Crippen LogP contribution in [0.3, 0.4) is 0 Å². The van der Waals surface area contributed by atoms with Gasteiger partial charge < -0.3 is 20.1 Å². The first kappa shape index (κ1) is 29.1. The number of hydrogen-bond donors (Lipinski definition) is 3. The van der Waals surface area contributed by atoms with E-state index in [4.69, 9.17) is 15.3 Å². The fourth-order valence-corrected chi connectivity index (χ4v) is 3.81. The van der Waals surface area contributed by atoms with Crippen molar-refractivity contribution < 1.29 is 27.4 Å². The largest absolute Gasteiger partial charge is 0.495 e. The summed E-state index contributed by atoms with van der Waals surface area (Å²) in [5.41, 5.74) is 1.54. The lowest BCUT2D eigenvalue weighted by molar-refractivity contribution is -0.137. The van der Waals surface area contributed by atoms with Gasteiger partial charge in [0, 0.05) is 35.6 Å². The number of amides is 1. The van der Waals surface area contributed by atoms with Gasteiger partial charge in [0.1, 0.15) is 11.5 Å². The number of pyridine rings is 1. The van der Waals surface area contributed by atoms with Crippen LogP contribution in [0.1, 0.15) is 32.6 Å². The van der Waals surface area contributed by atoms with E-state index in [-0.39, 0.29) is 29.1 Å². The number of benzene rings is 2. The Morgan fingerprint density at radius 2 is 1.90 bits per heavy atom. The number of ether oxygens (including phenoxy) is 2. The van der Waals surface area contributed by atoms with Crippen LogP contribution in [0.2, 0.25) is 0 Å². The number of hydrogen-bond acceptors (Lipinski definition) is 8. The first-order valence-corrected chi connectivity index (χ1v) is 11.6. The molecule has 206 valence electrons. The molecule has 9 nitrogen and oxygen atoms in total. The van der Waals surface area contributed by atoms with Crippen LogP contribution in [0, 0.1) is 6.92 Å². The fourth-order valence-electron chi connectivity index (χ4n) is 3.81. The minimum Gasteiger partial charge on any atom is -0.495 e. The summed E-state index contributed by atoms with van der Waals surface area (Å²) >= 11 is 0. The molecular weight excluding hydrogens is 513 g/mol. The topological polar surface area (TPSA) is 114 Å². The summed E-state index contributed by atoms with van der Waals surface area (Å²) in [6.45, 7) is 5.48. The van der Waals surface area contributed by atoms with E-state index in [0.29, 0.717) is 22.7 Å². The quantitative estimate of drug-likeness (QED) is 0.192. The van der Waals surface area contributed by atoms with Gasteiger partial charge in [-0.3, -0.25) is 19.8 Å². The monoisotopic (exact) mass is 542 g/mol. The number of rotatable bonds is 10. The Morgan fingerprint density at radius 3 is 2.51 bits per heavy atom. The molecule has 39 heavy (non-hydrogen) atoms. The summed E-state index contributed by atoms with van der Waals surface area (Å²) in [7, 11) is 4.43. The number of nitrogens with one attached hydrogen (secondary N) is 2. The predicted octanol–water partition coefficient (Wildman–Crippen LogP) is 4.78. The maximum absolute atomic E-state index is 13.5. The van der Waals surface area contributed by atoms with Crippen LogP contribution in [0.5, 0.6) is 11.5 Å².